The molecule has 1 fully saturated rings. The van der Waals surface area contributed by atoms with E-state index < -0.39 is 6.04 Å². The van der Waals surface area contributed by atoms with Crippen LogP contribution in [0.4, 0.5) is 0 Å². The summed E-state index contributed by atoms with van der Waals surface area (Å²) in [6, 6.07) is 15.0. The van der Waals surface area contributed by atoms with Crippen LogP contribution in [0.25, 0.3) is 0 Å². The van der Waals surface area contributed by atoms with E-state index in [2.05, 4.69) is 0 Å². The molecule has 1 amide bonds. The average Bonchev–Trinajstić information content (AvgIpc) is 3.02. The highest BCUT2D eigenvalue weighted by Crippen LogP contribution is 2.40. The third-order valence-electron chi connectivity index (χ3n) is 4.18. The smallest absolute Gasteiger partial charge is 0.242 e. The molecule has 112 valence electrons. The van der Waals surface area contributed by atoms with Crippen molar-refractivity contribution in [3.05, 3.63) is 59.7 Å². The topological polar surface area (TPSA) is 64.8 Å². The number of fused-ring (bicyclic) bond motifs is 1. The number of β-lactam (4-membered cyclic amide) rings is 1. The second-order valence-electron chi connectivity index (χ2n) is 5.54. The molecule has 0 bridgehead atoms. The minimum absolute atomic E-state index is 0.0217. The van der Waals surface area contributed by atoms with Crippen molar-refractivity contribution < 1.29 is 14.3 Å². The van der Waals surface area contributed by atoms with Gasteiger partial charge in [0.05, 0.1) is 6.04 Å². The molecule has 2 heterocycles. The van der Waals surface area contributed by atoms with Crippen LogP contribution in [-0.2, 0) is 11.3 Å². The number of hydrogen-bond donors (Lipinski definition) is 1. The van der Waals surface area contributed by atoms with Crippen molar-refractivity contribution in [2.24, 2.45) is 5.73 Å². The predicted octanol–water partition coefficient (Wildman–Crippen LogP) is 1.83. The van der Waals surface area contributed by atoms with Crippen molar-refractivity contribution in [1.82, 2.24) is 4.90 Å². The molecular formula is C17H16N2O3. The van der Waals surface area contributed by atoms with E-state index in [9.17, 15) is 4.79 Å². The van der Waals surface area contributed by atoms with Gasteiger partial charge >= 0.3 is 0 Å². The van der Waals surface area contributed by atoms with E-state index in [1.807, 2.05) is 48.5 Å². The largest absolute Gasteiger partial charge is 0.454 e. The summed E-state index contributed by atoms with van der Waals surface area (Å²) in [4.78, 5) is 13.9. The molecular weight excluding hydrogens is 280 g/mol. The van der Waals surface area contributed by atoms with Crippen LogP contribution in [0.5, 0.6) is 11.5 Å². The van der Waals surface area contributed by atoms with Crippen LogP contribution in [0.2, 0.25) is 0 Å². The van der Waals surface area contributed by atoms with Gasteiger partial charge in [0.15, 0.2) is 11.5 Å². The van der Waals surface area contributed by atoms with Gasteiger partial charge in [-0.15, -0.1) is 0 Å². The van der Waals surface area contributed by atoms with Gasteiger partial charge in [0, 0.05) is 6.54 Å². The SMILES string of the molecule is N[C@H]1C(=O)N(Cc2ccccc2)[C@H]1c1ccc2c(c1)OCO2. The number of amides is 1. The second-order valence-corrected chi connectivity index (χ2v) is 5.54. The van der Waals surface area contributed by atoms with E-state index in [4.69, 9.17) is 15.2 Å². The summed E-state index contributed by atoms with van der Waals surface area (Å²) < 4.78 is 10.7. The molecule has 4 rings (SSSR count). The Kier molecular flexibility index (Phi) is 3.01. The highest BCUT2D eigenvalue weighted by molar-refractivity contribution is 5.89. The number of nitrogens with two attached hydrogens (primary N) is 1. The number of hydrogen-bond acceptors (Lipinski definition) is 4. The van der Waals surface area contributed by atoms with Crippen LogP contribution >= 0.6 is 0 Å². The Labute approximate surface area is 128 Å². The third kappa shape index (κ3) is 2.02. The minimum Gasteiger partial charge on any atom is -0.454 e. The molecule has 2 N–H and O–H groups in total. The maximum Gasteiger partial charge on any atom is 0.242 e. The number of carbonyl (C=O) groups is 1. The number of likely N-dealkylation sites (tertiary alicyclic amines) is 1. The summed E-state index contributed by atoms with van der Waals surface area (Å²) in [7, 11) is 0. The lowest BCUT2D eigenvalue weighted by molar-refractivity contribution is -0.150. The van der Waals surface area contributed by atoms with Crippen molar-refractivity contribution in [3.8, 4) is 11.5 Å². The maximum absolute atomic E-state index is 12.1. The monoisotopic (exact) mass is 296 g/mol. The van der Waals surface area contributed by atoms with Gasteiger partial charge in [-0.1, -0.05) is 36.4 Å². The molecule has 0 unspecified atom stereocenters. The fourth-order valence-corrected chi connectivity index (χ4v) is 3.02. The van der Waals surface area contributed by atoms with Gasteiger partial charge in [-0.2, -0.15) is 0 Å². The standard InChI is InChI=1S/C17H16N2O3/c18-15-16(12-6-7-13-14(8-12)22-10-21-13)19(17(15)20)9-11-4-2-1-3-5-11/h1-8,15-16H,9-10,18H2/t15-,16+/m1/s1. The lowest BCUT2D eigenvalue weighted by Crippen LogP contribution is -2.62. The van der Waals surface area contributed by atoms with Gasteiger partial charge in [0.2, 0.25) is 12.7 Å². The van der Waals surface area contributed by atoms with Crippen LogP contribution in [0, 0.1) is 0 Å². The van der Waals surface area contributed by atoms with Gasteiger partial charge in [-0.05, 0) is 23.3 Å². The molecule has 0 aliphatic carbocycles. The summed E-state index contributed by atoms with van der Waals surface area (Å²) in [5, 5.41) is 0. The van der Waals surface area contributed by atoms with Crippen molar-refractivity contribution in [3.63, 3.8) is 0 Å². The molecule has 0 spiro atoms. The van der Waals surface area contributed by atoms with Crippen LogP contribution in [0.3, 0.4) is 0 Å². The molecule has 2 aliphatic heterocycles. The number of ether oxygens (including phenoxy) is 2. The molecule has 22 heavy (non-hydrogen) atoms. The summed E-state index contributed by atoms with van der Waals surface area (Å²) in [5.74, 6) is 1.42. The molecule has 5 heteroatoms. The van der Waals surface area contributed by atoms with Crippen LogP contribution in [0.1, 0.15) is 17.2 Å². The van der Waals surface area contributed by atoms with Crippen LogP contribution < -0.4 is 15.2 Å². The van der Waals surface area contributed by atoms with Crippen LogP contribution in [0.15, 0.2) is 48.5 Å². The first-order chi connectivity index (χ1) is 10.7. The summed E-state index contributed by atoms with van der Waals surface area (Å²) in [5.41, 5.74) is 8.09. The molecule has 0 radical (unpaired) electrons. The normalized spacial score (nSPS) is 22.6. The van der Waals surface area contributed by atoms with E-state index in [0.29, 0.717) is 12.3 Å². The Morgan fingerprint density at radius 1 is 1.09 bits per heavy atom. The van der Waals surface area contributed by atoms with Crippen molar-refractivity contribution in [1.29, 1.82) is 0 Å². The quantitative estimate of drug-likeness (QED) is 0.878. The molecule has 2 aromatic rings. The van der Waals surface area contributed by atoms with Crippen molar-refractivity contribution >= 4 is 5.91 Å². The fraction of sp³-hybridized carbons (Fsp3) is 0.235. The molecule has 2 aliphatic rings. The first-order valence-electron chi connectivity index (χ1n) is 7.23. The van der Waals surface area contributed by atoms with Crippen molar-refractivity contribution in [2.45, 2.75) is 18.6 Å². The predicted molar refractivity (Wildman–Crippen MR) is 80.3 cm³/mol. The number of benzene rings is 2. The van der Waals surface area contributed by atoms with Gasteiger partial charge in [0.1, 0.15) is 6.04 Å². The average molecular weight is 296 g/mol. The van der Waals surface area contributed by atoms with Gasteiger partial charge in [-0.3, -0.25) is 4.79 Å². The maximum atomic E-state index is 12.1. The fourth-order valence-electron chi connectivity index (χ4n) is 3.02. The zero-order valence-electron chi connectivity index (χ0n) is 11.9. The Hall–Kier alpha value is -2.53. The lowest BCUT2D eigenvalue weighted by Gasteiger charge is -2.45. The molecule has 0 aromatic heterocycles. The molecule has 0 saturated carbocycles. The van der Waals surface area contributed by atoms with E-state index >= 15 is 0 Å². The number of carbonyl (C=O) groups excluding carboxylic acids is 1. The Balaban J connectivity index is 1.61. The number of nitrogens with zero attached hydrogens (tertiary/aromatic N) is 1. The van der Waals surface area contributed by atoms with E-state index in [1.165, 1.54) is 0 Å². The molecule has 5 nitrogen and oxygen atoms in total. The number of rotatable bonds is 3. The van der Waals surface area contributed by atoms with E-state index in [0.717, 1.165) is 16.9 Å². The summed E-state index contributed by atoms with van der Waals surface area (Å²) >= 11 is 0. The van der Waals surface area contributed by atoms with Gasteiger partial charge < -0.3 is 20.1 Å². The van der Waals surface area contributed by atoms with Crippen LogP contribution in [-0.4, -0.2) is 23.6 Å². The van der Waals surface area contributed by atoms with Gasteiger partial charge in [0.25, 0.3) is 0 Å². The van der Waals surface area contributed by atoms with Gasteiger partial charge in [-0.25, -0.2) is 0 Å². The summed E-state index contributed by atoms with van der Waals surface area (Å²) in [6.45, 7) is 0.800. The minimum atomic E-state index is -0.496. The molecule has 2 atom stereocenters. The third-order valence-corrected chi connectivity index (χ3v) is 4.18. The summed E-state index contributed by atoms with van der Waals surface area (Å²) in [6.07, 6.45) is 0. The van der Waals surface area contributed by atoms with E-state index in [1.54, 1.807) is 4.90 Å². The lowest BCUT2D eigenvalue weighted by atomic mass is 9.88. The molecule has 2 aromatic carbocycles. The first-order valence-corrected chi connectivity index (χ1v) is 7.23. The zero-order valence-corrected chi connectivity index (χ0v) is 11.9. The second kappa shape index (κ2) is 5.03. The Bertz CT molecular complexity index is 717. The zero-order chi connectivity index (χ0) is 15.1. The first kappa shape index (κ1) is 13.2. The molecule has 1 saturated heterocycles. The Morgan fingerprint density at radius 3 is 2.68 bits per heavy atom. The highest BCUT2D eigenvalue weighted by Gasteiger charge is 2.45. The van der Waals surface area contributed by atoms with E-state index in [-0.39, 0.29) is 18.7 Å². The highest BCUT2D eigenvalue weighted by atomic mass is 16.7. The Morgan fingerprint density at radius 2 is 1.86 bits per heavy atom. The van der Waals surface area contributed by atoms with Crippen molar-refractivity contribution in [2.75, 3.05) is 6.79 Å².